The summed E-state index contributed by atoms with van der Waals surface area (Å²) in [4.78, 5) is 25.9. The van der Waals surface area contributed by atoms with Crippen molar-refractivity contribution in [1.82, 2.24) is 5.32 Å². The third-order valence-electron chi connectivity index (χ3n) is 4.74. The van der Waals surface area contributed by atoms with Crippen LogP contribution in [0.3, 0.4) is 0 Å². The lowest BCUT2D eigenvalue weighted by molar-refractivity contribution is -0.125. The second-order valence-corrected chi connectivity index (χ2v) is 7.56. The summed E-state index contributed by atoms with van der Waals surface area (Å²) in [5.74, 6) is -0.0453. The number of hydrogen-bond donors (Lipinski definition) is 1. The molecule has 0 aromatic carbocycles. The molecule has 0 saturated heterocycles. The van der Waals surface area contributed by atoms with Gasteiger partial charge in [-0.05, 0) is 49.7 Å². The number of amides is 1. The Morgan fingerprint density at radius 2 is 2.09 bits per heavy atom. The van der Waals surface area contributed by atoms with E-state index in [1.165, 1.54) is 34.6 Å². The number of thiophene rings is 1. The fourth-order valence-electron chi connectivity index (χ4n) is 3.41. The molecule has 2 aliphatic rings. The number of aryl methyl sites for hydroxylation is 2. The largest absolute Gasteiger partial charge is 0.451 e. The van der Waals surface area contributed by atoms with Crippen molar-refractivity contribution in [3.8, 4) is 0 Å². The van der Waals surface area contributed by atoms with Crippen LogP contribution < -0.4 is 5.32 Å². The number of carbonyl (C=O) groups is 2. The maximum absolute atomic E-state index is 12.0. The molecule has 1 amide bonds. The number of ether oxygens (including phenoxy) is 1. The minimum Gasteiger partial charge on any atom is -0.451 e. The molecule has 1 aromatic rings. The standard InChI is InChI=1S/C17H23NO3S/c1-11-5-2-3-7-13(11)18-16(19)10-21-17(20)15-9-12-6-4-8-14(12)22-15/h9,11,13H,2-8,10H2,1H3,(H,18,19). The van der Waals surface area contributed by atoms with Gasteiger partial charge in [-0.3, -0.25) is 4.79 Å². The highest BCUT2D eigenvalue weighted by molar-refractivity contribution is 7.14. The summed E-state index contributed by atoms with van der Waals surface area (Å²) in [5.41, 5.74) is 1.28. The lowest BCUT2D eigenvalue weighted by Crippen LogP contribution is -2.42. The van der Waals surface area contributed by atoms with Crippen molar-refractivity contribution >= 4 is 23.2 Å². The average molecular weight is 321 g/mol. The molecule has 2 aliphatic carbocycles. The summed E-state index contributed by atoms with van der Waals surface area (Å²) >= 11 is 1.51. The van der Waals surface area contributed by atoms with Crippen LogP contribution in [0.4, 0.5) is 0 Å². The van der Waals surface area contributed by atoms with E-state index in [1.807, 2.05) is 6.07 Å². The van der Waals surface area contributed by atoms with Crippen molar-refractivity contribution in [3.05, 3.63) is 21.4 Å². The maximum atomic E-state index is 12.0. The normalized spacial score (nSPS) is 23.9. The molecule has 1 aromatic heterocycles. The Bertz CT molecular complexity index is 545. The Hall–Kier alpha value is -1.36. The summed E-state index contributed by atoms with van der Waals surface area (Å²) in [7, 11) is 0. The van der Waals surface area contributed by atoms with Crippen LogP contribution in [-0.2, 0) is 22.4 Å². The first-order chi connectivity index (χ1) is 10.6. The smallest absolute Gasteiger partial charge is 0.348 e. The van der Waals surface area contributed by atoms with Crippen LogP contribution in [0.5, 0.6) is 0 Å². The Kier molecular flexibility index (Phi) is 4.81. The van der Waals surface area contributed by atoms with Crippen LogP contribution in [0, 0.1) is 5.92 Å². The van der Waals surface area contributed by atoms with Crippen molar-refractivity contribution in [1.29, 1.82) is 0 Å². The van der Waals surface area contributed by atoms with Gasteiger partial charge in [0.2, 0.25) is 0 Å². The third kappa shape index (κ3) is 3.51. The van der Waals surface area contributed by atoms with E-state index in [-0.39, 0.29) is 24.5 Å². The molecule has 120 valence electrons. The third-order valence-corrected chi connectivity index (χ3v) is 5.96. The van der Waals surface area contributed by atoms with Crippen molar-refractivity contribution < 1.29 is 14.3 Å². The lowest BCUT2D eigenvalue weighted by atomic mass is 9.86. The Balaban J connectivity index is 1.46. The molecule has 0 bridgehead atoms. The van der Waals surface area contributed by atoms with Gasteiger partial charge in [-0.25, -0.2) is 4.79 Å². The number of nitrogens with one attached hydrogen (secondary N) is 1. The molecule has 5 heteroatoms. The van der Waals surface area contributed by atoms with Crippen LogP contribution in [-0.4, -0.2) is 24.5 Å². The van der Waals surface area contributed by atoms with E-state index in [0.717, 1.165) is 32.1 Å². The monoisotopic (exact) mass is 321 g/mol. The van der Waals surface area contributed by atoms with E-state index in [1.54, 1.807) is 0 Å². The molecule has 1 N–H and O–H groups in total. The van der Waals surface area contributed by atoms with Crippen LogP contribution in [0.25, 0.3) is 0 Å². The van der Waals surface area contributed by atoms with Crippen molar-refractivity contribution in [3.63, 3.8) is 0 Å². The van der Waals surface area contributed by atoms with E-state index in [0.29, 0.717) is 10.8 Å². The molecule has 2 atom stereocenters. The summed E-state index contributed by atoms with van der Waals surface area (Å²) in [6.45, 7) is 1.99. The minimum absolute atomic E-state index is 0.176. The van der Waals surface area contributed by atoms with Gasteiger partial charge in [0.15, 0.2) is 6.61 Å². The number of hydrogen-bond acceptors (Lipinski definition) is 4. The van der Waals surface area contributed by atoms with Crippen molar-refractivity contribution in [2.24, 2.45) is 5.92 Å². The summed E-state index contributed by atoms with van der Waals surface area (Å²) in [5, 5.41) is 3.00. The predicted octanol–water partition coefficient (Wildman–Crippen LogP) is 3.09. The first-order valence-electron chi connectivity index (χ1n) is 8.21. The van der Waals surface area contributed by atoms with Gasteiger partial charge in [-0.2, -0.15) is 0 Å². The zero-order valence-electron chi connectivity index (χ0n) is 13.0. The second-order valence-electron chi connectivity index (χ2n) is 6.42. The molecule has 2 unspecified atom stereocenters. The molecule has 3 rings (SSSR count). The SMILES string of the molecule is CC1CCCCC1NC(=O)COC(=O)c1cc2c(s1)CCC2. The van der Waals surface area contributed by atoms with Crippen LogP contribution in [0.1, 0.15) is 59.1 Å². The molecule has 0 radical (unpaired) electrons. The zero-order chi connectivity index (χ0) is 15.5. The van der Waals surface area contributed by atoms with Gasteiger partial charge in [0.05, 0.1) is 0 Å². The quantitative estimate of drug-likeness (QED) is 0.867. The van der Waals surface area contributed by atoms with Crippen molar-refractivity contribution in [2.45, 2.75) is 57.9 Å². The van der Waals surface area contributed by atoms with E-state index in [4.69, 9.17) is 4.74 Å². The molecular weight excluding hydrogens is 298 g/mol. The van der Waals surface area contributed by atoms with Gasteiger partial charge in [0.25, 0.3) is 5.91 Å². The van der Waals surface area contributed by atoms with Gasteiger partial charge in [-0.15, -0.1) is 11.3 Å². The predicted molar refractivity (Wildman–Crippen MR) is 86.2 cm³/mol. The summed E-state index contributed by atoms with van der Waals surface area (Å²) in [6.07, 6.45) is 7.89. The first kappa shape index (κ1) is 15.5. The van der Waals surface area contributed by atoms with Crippen LogP contribution in [0.2, 0.25) is 0 Å². The van der Waals surface area contributed by atoms with Gasteiger partial charge in [0, 0.05) is 10.9 Å². The fraction of sp³-hybridized carbons (Fsp3) is 0.647. The van der Waals surface area contributed by atoms with Crippen LogP contribution >= 0.6 is 11.3 Å². The Morgan fingerprint density at radius 1 is 1.27 bits per heavy atom. The average Bonchev–Trinajstić information content (AvgIpc) is 3.08. The highest BCUT2D eigenvalue weighted by Gasteiger charge is 2.24. The zero-order valence-corrected chi connectivity index (χ0v) is 13.8. The fourth-order valence-corrected chi connectivity index (χ4v) is 4.56. The van der Waals surface area contributed by atoms with Gasteiger partial charge in [0.1, 0.15) is 4.88 Å². The summed E-state index contributed by atoms with van der Waals surface area (Å²) in [6, 6.07) is 2.15. The van der Waals surface area contributed by atoms with E-state index < -0.39 is 0 Å². The van der Waals surface area contributed by atoms with Gasteiger partial charge >= 0.3 is 5.97 Å². The molecule has 1 saturated carbocycles. The first-order valence-corrected chi connectivity index (χ1v) is 9.03. The molecule has 0 aliphatic heterocycles. The molecule has 4 nitrogen and oxygen atoms in total. The van der Waals surface area contributed by atoms with E-state index in [2.05, 4.69) is 12.2 Å². The second kappa shape index (κ2) is 6.82. The summed E-state index contributed by atoms with van der Waals surface area (Å²) < 4.78 is 5.16. The highest BCUT2D eigenvalue weighted by atomic mass is 32.1. The van der Waals surface area contributed by atoms with Gasteiger partial charge < -0.3 is 10.1 Å². The number of esters is 1. The van der Waals surface area contributed by atoms with Gasteiger partial charge in [-0.1, -0.05) is 19.8 Å². The minimum atomic E-state index is -0.369. The van der Waals surface area contributed by atoms with Crippen LogP contribution in [0.15, 0.2) is 6.07 Å². The number of fused-ring (bicyclic) bond motifs is 1. The molecule has 1 fully saturated rings. The Morgan fingerprint density at radius 3 is 2.86 bits per heavy atom. The molecule has 22 heavy (non-hydrogen) atoms. The van der Waals surface area contributed by atoms with Crippen molar-refractivity contribution in [2.75, 3.05) is 6.61 Å². The number of rotatable bonds is 4. The van der Waals surface area contributed by atoms with E-state index in [9.17, 15) is 9.59 Å². The molecule has 1 heterocycles. The molecule has 0 spiro atoms. The topological polar surface area (TPSA) is 55.4 Å². The van der Waals surface area contributed by atoms with E-state index >= 15 is 0 Å². The Labute approximate surface area is 135 Å². The maximum Gasteiger partial charge on any atom is 0.348 e. The molecular formula is C17H23NO3S. The lowest BCUT2D eigenvalue weighted by Gasteiger charge is -2.29. The number of carbonyl (C=O) groups excluding carboxylic acids is 2. The highest BCUT2D eigenvalue weighted by Crippen LogP contribution is 2.31.